The lowest BCUT2D eigenvalue weighted by Crippen LogP contribution is -2.41. The van der Waals surface area contributed by atoms with Crippen LogP contribution in [0.1, 0.15) is 16.7 Å². The zero-order valence-electron chi connectivity index (χ0n) is 21.9. The maximum atomic E-state index is 14.1. The molecule has 1 saturated heterocycles. The van der Waals surface area contributed by atoms with Crippen LogP contribution in [0.15, 0.2) is 30.3 Å². The van der Waals surface area contributed by atoms with Gasteiger partial charge in [-0.05, 0) is 56.9 Å². The second-order valence-corrected chi connectivity index (χ2v) is 9.47. The lowest BCUT2D eigenvalue weighted by atomic mass is 9.99. The van der Waals surface area contributed by atoms with Gasteiger partial charge in [0.15, 0.2) is 5.75 Å². The van der Waals surface area contributed by atoms with Crippen molar-refractivity contribution in [3.8, 4) is 5.75 Å². The van der Waals surface area contributed by atoms with Crippen molar-refractivity contribution in [1.82, 2.24) is 9.80 Å². The largest absolute Gasteiger partial charge is 0.420 e. The molecule has 0 radical (unpaired) electrons. The number of likely N-dealkylation sites (N-methyl/N-ethyl adjacent to an activating group) is 1. The average molecular weight is 581 g/mol. The number of aliphatic hydroxyl groups excluding tert-OH is 1. The topological polar surface area (TPSA) is 76.6 Å². The number of halogens is 7. The minimum Gasteiger partial charge on any atom is -0.407 e. The summed E-state index contributed by atoms with van der Waals surface area (Å²) in [7, 11) is 4.43. The minimum atomic E-state index is -5.42. The molecule has 15 heteroatoms. The van der Waals surface area contributed by atoms with Gasteiger partial charge in [0.05, 0.1) is 17.4 Å². The summed E-state index contributed by atoms with van der Waals surface area (Å²) >= 11 is 0. The highest BCUT2D eigenvalue weighted by Crippen LogP contribution is 2.49. The van der Waals surface area contributed by atoms with E-state index in [0.717, 1.165) is 48.0 Å². The molecule has 1 fully saturated rings. The van der Waals surface area contributed by atoms with Gasteiger partial charge in [-0.3, -0.25) is 9.80 Å². The number of rotatable bonds is 7. The van der Waals surface area contributed by atoms with Gasteiger partial charge in [-0.15, -0.1) is 0 Å². The minimum absolute atomic E-state index is 0.0171. The zero-order chi connectivity index (χ0) is 30.2. The Morgan fingerprint density at radius 2 is 1.60 bits per heavy atom. The fourth-order valence-electron chi connectivity index (χ4n) is 4.30. The summed E-state index contributed by atoms with van der Waals surface area (Å²) in [5.41, 5.74) is -5.21. The maximum absolute atomic E-state index is 14.1. The van der Waals surface area contributed by atoms with E-state index in [1.165, 1.54) is 0 Å². The molecule has 0 aromatic heterocycles. The summed E-state index contributed by atoms with van der Waals surface area (Å²) in [4.78, 5) is 30.2. The van der Waals surface area contributed by atoms with E-state index in [1.807, 2.05) is 0 Å². The Kier molecular flexibility index (Phi) is 8.89. The SMILES string of the molecule is Cc1c(C(F)(F)F)cc(C(F)(F)F)c(OC(=O)N(C)c2ccc(F)cc2)c1N1CCN(CC(O)CN(C)C)C1=O. The van der Waals surface area contributed by atoms with Crippen molar-refractivity contribution in [3.05, 3.63) is 52.8 Å². The van der Waals surface area contributed by atoms with E-state index >= 15 is 0 Å². The quantitative estimate of drug-likeness (QED) is 0.468. The van der Waals surface area contributed by atoms with Gasteiger partial charge < -0.3 is 19.6 Å². The van der Waals surface area contributed by atoms with Gasteiger partial charge in [0.25, 0.3) is 0 Å². The normalized spacial score (nSPS) is 15.2. The first-order valence-electron chi connectivity index (χ1n) is 11.8. The zero-order valence-corrected chi connectivity index (χ0v) is 21.9. The van der Waals surface area contributed by atoms with Crippen molar-refractivity contribution >= 4 is 23.5 Å². The number of nitrogens with zero attached hydrogens (tertiary/aromatic N) is 4. The number of alkyl halides is 6. The Balaban J connectivity index is 2.13. The van der Waals surface area contributed by atoms with Crippen LogP contribution in [0.25, 0.3) is 0 Å². The van der Waals surface area contributed by atoms with E-state index in [0.29, 0.717) is 4.90 Å². The van der Waals surface area contributed by atoms with E-state index in [9.17, 15) is 45.4 Å². The number of urea groups is 1. The van der Waals surface area contributed by atoms with Crippen LogP contribution >= 0.6 is 0 Å². The van der Waals surface area contributed by atoms with Crippen LogP contribution in [0.5, 0.6) is 5.75 Å². The predicted octanol–water partition coefficient (Wildman–Crippen LogP) is 4.97. The first kappa shape index (κ1) is 30.9. The number of hydrogen-bond acceptors (Lipinski definition) is 5. The van der Waals surface area contributed by atoms with Crippen LogP contribution in [-0.2, 0) is 12.4 Å². The third kappa shape index (κ3) is 6.75. The van der Waals surface area contributed by atoms with Crippen LogP contribution in [0, 0.1) is 12.7 Å². The summed E-state index contributed by atoms with van der Waals surface area (Å²) in [5, 5.41) is 10.2. The number of amides is 3. The molecule has 1 heterocycles. The molecule has 1 aliphatic rings. The molecule has 2 aromatic rings. The molecule has 8 nitrogen and oxygen atoms in total. The van der Waals surface area contributed by atoms with Crippen LogP contribution in [0.2, 0.25) is 0 Å². The Bertz CT molecular complexity index is 1250. The summed E-state index contributed by atoms with van der Waals surface area (Å²) in [6.07, 6.45) is -13.1. The molecule has 3 rings (SSSR count). The van der Waals surface area contributed by atoms with Crippen LogP contribution in [-0.4, -0.2) is 80.5 Å². The molecule has 0 bridgehead atoms. The van der Waals surface area contributed by atoms with Crippen LogP contribution in [0.4, 0.5) is 51.7 Å². The third-order valence-corrected chi connectivity index (χ3v) is 6.17. The van der Waals surface area contributed by atoms with Crippen molar-refractivity contribution in [2.75, 3.05) is 57.1 Å². The molecule has 1 unspecified atom stereocenters. The lowest BCUT2D eigenvalue weighted by Gasteiger charge is -2.28. The number of carbonyl (C=O) groups excluding carboxylic acids is 2. The van der Waals surface area contributed by atoms with Crippen molar-refractivity contribution < 1.29 is 50.2 Å². The highest BCUT2D eigenvalue weighted by molar-refractivity contribution is 5.98. The molecule has 0 saturated carbocycles. The molecule has 40 heavy (non-hydrogen) atoms. The molecule has 0 spiro atoms. The highest BCUT2D eigenvalue weighted by atomic mass is 19.4. The summed E-state index contributed by atoms with van der Waals surface area (Å²) in [6, 6.07) is 3.10. The first-order valence-corrected chi connectivity index (χ1v) is 11.8. The summed E-state index contributed by atoms with van der Waals surface area (Å²) in [6.45, 7) is 0.313. The molecule has 3 amide bonds. The maximum Gasteiger partial charge on any atom is 0.420 e. The van der Waals surface area contributed by atoms with Gasteiger partial charge in [0.1, 0.15) is 11.4 Å². The molecule has 1 aliphatic heterocycles. The third-order valence-electron chi connectivity index (χ3n) is 6.17. The average Bonchev–Trinajstić information content (AvgIpc) is 3.16. The predicted molar refractivity (Wildman–Crippen MR) is 131 cm³/mol. The molecule has 1 atom stereocenters. The number of carbonyl (C=O) groups is 2. The number of anilines is 2. The van der Waals surface area contributed by atoms with Crippen LogP contribution in [0.3, 0.4) is 0 Å². The molecular weight excluding hydrogens is 553 g/mol. The van der Waals surface area contributed by atoms with Crippen molar-refractivity contribution in [2.45, 2.75) is 25.4 Å². The number of β-amino-alcohol motifs (C(OH)–C–C–N with tert-alkyl or cyclic N) is 1. The second kappa shape index (κ2) is 11.5. The monoisotopic (exact) mass is 580 g/mol. The highest BCUT2D eigenvalue weighted by Gasteiger charge is 2.45. The van der Waals surface area contributed by atoms with Gasteiger partial charge in [-0.1, -0.05) is 0 Å². The van der Waals surface area contributed by atoms with Gasteiger partial charge in [-0.2, -0.15) is 26.3 Å². The van der Waals surface area contributed by atoms with Gasteiger partial charge in [0, 0.05) is 38.9 Å². The number of benzene rings is 2. The number of hydrogen-bond donors (Lipinski definition) is 1. The van der Waals surface area contributed by atoms with E-state index in [4.69, 9.17) is 4.74 Å². The lowest BCUT2D eigenvalue weighted by molar-refractivity contribution is -0.143. The molecule has 220 valence electrons. The number of aliphatic hydroxyl groups is 1. The Hall–Kier alpha value is -3.59. The fourth-order valence-corrected chi connectivity index (χ4v) is 4.30. The van der Waals surface area contributed by atoms with Gasteiger partial charge >= 0.3 is 24.5 Å². The van der Waals surface area contributed by atoms with Crippen molar-refractivity contribution in [1.29, 1.82) is 0 Å². The van der Waals surface area contributed by atoms with E-state index in [1.54, 1.807) is 19.0 Å². The van der Waals surface area contributed by atoms with Crippen molar-refractivity contribution in [3.63, 3.8) is 0 Å². The smallest absolute Gasteiger partial charge is 0.407 e. The molecule has 2 aromatic carbocycles. The van der Waals surface area contributed by atoms with Crippen molar-refractivity contribution in [2.24, 2.45) is 0 Å². The van der Waals surface area contributed by atoms with Gasteiger partial charge in [0.2, 0.25) is 0 Å². The molecule has 0 aliphatic carbocycles. The van der Waals surface area contributed by atoms with E-state index in [-0.39, 0.29) is 37.9 Å². The first-order chi connectivity index (χ1) is 18.4. The Morgan fingerprint density at radius 1 is 1.02 bits per heavy atom. The fraction of sp³-hybridized carbons (Fsp3) is 0.440. The molecule has 1 N–H and O–H groups in total. The van der Waals surface area contributed by atoms with Gasteiger partial charge in [-0.25, -0.2) is 14.0 Å². The standard InChI is InChI=1S/C25H27F7N4O4/c1-14-18(24(27,28)29)11-19(25(30,31)32)21(40-23(39)34(4)16-7-5-15(26)6-8-16)20(14)36-10-9-35(22(36)38)13-17(37)12-33(2)3/h5-8,11,17,37H,9-10,12-13H2,1-4H3. The Labute approximate surface area is 225 Å². The van der Waals surface area contributed by atoms with E-state index < -0.39 is 64.5 Å². The number of ether oxygens (including phenoxy) is 1. The molecular formula is C25H27F7N4O4. The Morgan fingerprint density at radius 3 is 2.12 bits per heavy atom. The second-order valence-electron chi connectivity index (χ2n) is 9.47. The summed E-state index contributed by atoms with van der Waals surface area (Å²) in [5.74, 6) is -1.95. The summed E-state index contributed by atoms with van der Waals surface area (Å²) < 4.78 is 102. The van der Waals surface area contributed by atoms with E-state index in [2.05, 4.69) is 0 Å². The van der Waals surface area contributed by atoms with Crippen LogP contribution < -0.4 is 14.5 Å².